The van der Waals surface area contributed by atoms with Crippen LogP contribution in [0.2, 0.25) is 0 Å². The van der Waals surface area contributed by atoms with Crippen LogP contribution in [0.3, 0.4) is 0 Å². The lowest BCUT2D eigenvalue weighted by molar-refractivity contribution is -0.274. The van der Waals surface area contributed by atoms with Gasteiger partial charge in [-0.1, -0.05) is 12.8 Å². The van der Waals surface area contributed by atoms with E-state index in [1.165, 1.54) is 12.1 Å². The first-order valence-corrected chi connectivity index (χ1v) is 8.83. The molecular formula is C18H23F3N2O2. The van der Waals surface area contributed by atoms with Gasteiger partial charge in [-0.05, 0) is 68.5 Å². The third kappa shape index (κ3) is 5.11. The average molecular weight is 356 g/mol. The number of ether oxygens (including phenoxy) is 1. The van der Waals surface area contributed by atoms with Crippen LogP contribution >= 0.6 is 0 Å². The number of piperidine rings is 1. The number of nitrogens with one attached hydrogen (secondary N) is 2. The number of rotatable bonds is 4. The number of benzene rings is 1. The highest BCUT2D eigenvalue weighted by Gasteiger charge is 2.32. The van der Waals surface area contributed by atoms with Crippen molar-refractivity contribution in [1.29, 1.82) is 0 Å². The molecule has 0 atom stereocenters. The van der Waals surface area contributed by atoms with E-state index in [0.717, 1.165) is 57.2 Å². The van der Waals surface area contributed by atoms with Crippen LogP contribution in [0.25, 0.3) is 0 Å². The van der Waals surface area contributed by atoms with Crippen LogP contribution in [0.15, 0.2) is 18.2 Å². The number of carbonyl (C=O) groups is 1. The summed E-state index contributed by atoms with van der Waals surface area (Å²) < 4.78 is 42.0. The van der Waals surface area contributed by atoms with Crippen molar-refractivity contribution in [1.82, 2.24) is 10.6 Å². The topological polar surface area (TPSA) is 50.4 Å². The second-order valence-electron chi connectivity index (χ2n) is 6.82. The Morgan fingerprint density at radius 2 is 1.76 bits per heavy atom. The van der Waals surface area contributed by atoms with E-state index in [2.05, 4.69) is 15.4 Å². The summed E-state index contributed by atoms with van der Waals surface area (Å²) in [4.78, 5) is 12.5. The zero-order valence-corrected chi connectivity index (χ0v) is 14.0. The van der Waals surface area contributed by atoms with E-state index < -0.39 is 6.36 Å². The molecule has 3 rings (SSSR count). The first-order valence-electron chi connectivity index (χ1n) is 8.83. The summed E-state index contributed by atoms with van der Waals surface area (Å²) in [7, 11) is 0. The Bertz CT molecular complexity index is 607. The van der Waals surface area contributed by atoms with Crippen LogP contribution in [-0.4, -0.2) is 31.4 Å². The van der Waals surface area contributed by atoms with Crippen LogP contribution in [0, 0.1) is 0 Å². The Hall–Kier alpha value is -1.76. The smallest absolute Gasteiger partial charge is 0.406 e. The molecule has 0 bridgehead atoms. The van der Waals surface area contributed by atoms with E-state index in [9.17, 15) is 18.0 Å². The summed E-state index contributed by atoms with van der Waals surface area (Å²) in [6, 6.07) is 4.42. The lowest BCUT2D eigenvalue weighted by Gasteiger charge is -2.24. The molecular weight excluding hydrogens is 333 g/mol. The molecule has 2 N–H and O–H groups in total. The van der Waals surface area contributed by atoms with Gasteiger partial charge in [0, 0.05) is 11.6 Å². The number of carbonyl (C=O) groups excluding carboxylic acids is 1. The van der Waals surface area contributed by atoms with Crippen molar-refractivity contribution in [2.75, 3.05) is 13.1 Å². The van der Waals surface area contributed by atoms with Crippen molar-refractivity contribution in [3.63, 3.8) is 0 Å². The normalized spacial score (nSPS) is 19.8. The molecule has 7 heteroatoms. The van der Waals surface area contributed by atoms with Crippen LogP contribution in [0.4, 0.5) is 13.2 Å². The predicted molar refractivity (Wildman–Crippen MR) is 87.7 cm³/mol. The SMILES string of the molecule is O=C(NC1CCCC1)c1cc(OC(F)(F)F)cc(C2CCNCC2)c1. The second-order valence-corrected chi connectivity index (χ2v) is 6.82. The van der Waals surface area contributed by atoms with Crippen molar-refractivity contribution in [3.8, 4) is 5.75 Å². The lowest BCUT2D eigenvalue weighted by Crippen LogP contribution is -2.33. The fraction of sp³-hybridized carbons (Fsp3) is 0.611. The average Bonchev–Trinajstić information content (AvgIpc) is 3.07. The maximum atomic E-state index is 12.6. The van der Waals surface area contributed by atoms with Crippen LogP contribution < -0.4 is 15.4 Å². The van der Waals surface area contributed by atoms with Crippen LogP contribution in [-0.2, 0) is 0 Å². The van der Waals surface area contributed by atoms with Gasteiger partial charge in [-0.25, -0.2) is 0 Å². The summed E-state index contributed by atoms with van der Waals surface area (Å²) in [5.74, 6) is -0.508. The molecule has 25 heavy (non-hydrogen) atoms. The molecule has 1 saturated carbocycles. The van der Waals surface area contributed by atoms with Crippen molar-refractivity contribution < 1.29 is 22.7 Å². The first-order chi connectivity index (χ1) is 11.9. The number of hydrogen-bond donors (Lipinski definition) is 2. The van der Waals surface area contributed by atoms with E-state index >= 15 is 0 Å². The molecule has 0 unspecified atom stereocenters. The third-order valence-corrected chi connectivity index (χ3v) is 4.93. The van der Waals surface area contributed by atoms with E-state index in [1.54, 1.807) is 6.07 Å². The van der Waals surface area contributed by atoms with Gasteiger partial charge in [0.05, 0.1) is 0 Å². The van der Waals surface area contributed by atoms with Crippen molar-refractivity contribution in [3.05, 3.63) is 29.3 Å². The summed E-state index contributed by atoms with van der Waals surface area (Å²) in [5.41, 5.74) is 0.974. The zero-order chi connectivity index (χ0) is 17.9. The molecule has 1 aromatic rings. The molecule has 1 heterocycles. The van der Waals surface area contributed by atoms with Gasteiger partial charge in [0.1, 0.15) is 5.75 Å². The standard InChI is InChI=1S/C18H23F3N2O2/c19-18(20,21)25-16-10-13(12-5-7-22-8-6-12)9-14(11-16)17(24)23-15-3-1-2-4-15/h9-12,15,22H,1-8H2,(H,23,24). The molecule has 0 spiro atoms. The monoisotopic (exact) mass is 356 g/mol. The molecule has 0 radical (unpaired) electrons. The fourth-order valence-electron chi connectivity index (χ4n) is 3.68. The van der Waals surface area contributed by atoms with Gasteiger partial charge in [-0.2, -0.15) is 0 Å². The summed E-state index contributed by atoms with van der Waals surface area (Å²) in [6.07, 6.45) is 0.881. The molecule has 2 aliphatic rings. The summed E-state index contributed by atoms with van der Waals surface area (Å²) in [6.45, 7) is 1.64. The van der Waals surface area contributed by atoms with Crippen LogP contribution in [0.5, 0.6) is 5.75 Å². The fourth-order valence-corrected chi connectivity index (χ4v) is 3.68. The highest BCUT2D eigenvalue weighted by molar-refractivity contribution is 5.95. The van der Waals surface area contributed by atoms with E-state index in [-0.39, 0.29) is 29.2 Å². The Morgan fingerprint density at radius 3 is 2.40 bits per heavy atom. The molecule has 1 aromatic carbocycles. The zero-order valence-electron chi connectivity index (χ0n) is 14.0. The quantitative estimate of drug-likeness (QED) is 0.864. The van der Waals surface area contributed by atoms with Crippen LogP contribution in [0.1, 0.15) is 60.4 Å². The van der Waals surface area contributed by atoms with Gasteiger partial charge < -0.3 is 15.4 Å². The summed E-state index contributed by atoms with van der Waals surface area (Å²) in [5, 5.41) is 6.16. The Labute approximate surface area is 145 Å². The minimum absolute atomic E-state index is 0.113. The predicted octanol–water partition coefficient (Wildman–Crippen LogP) is 3.72. The molecule has 0 aromatic heterocycles. The van der Waals surface area contributed by atoms with E-state index in [4.69, 9.17) is 0 Å². The van der Waals surface area contributed by atoms with E-state index in [0.29, 0.717) is 0 Å². The Kier molecular flexibility index (Phi) is 5.51. The van der Waals surface area contributed by atoms with Gasteiger partial charge in [0.2, 0.25) is 0 Å². The lowest BCUT2D eigenvalue weighted by atomic mass is 9.89. The molecule has 1 saturated heterocycles. The highest BCUT2D eigenvalue weighted by atomic mass is 19.4. The number of halogens is 3. The van der Waals surface area contributed by atoms with Gasteiger partial charge in [0.15, 0.2) is 0 Å². The summed E-state index contributed by atoms with van der Waals surface area (Å²) >= 11 is 0. The molecule has 4 nitrogen and oxygen atoms in total. The molecule has 1 amide bonds. The van der Waals surface area contributed by atoms with Crippen molar-refractivity contribution >= 4 is 5.91 Å². The maximum Gasteiger partial charge on any atom is 0.573 e. The number of alkyl halides is 3. The minimum atomic E-state index is -4.77. The third-order valence-electron chi connectivity index (χ3n) is 4.93. The number of hydrogen-bond acceptors (Lipinski definition) is 3. The largest absolute Gasteiger partial charge is 0.573 e. The number of amides is 1. The molecule has 138 valence electrons. The Morgan fingerprint density at radius 1 is 1.08 bits per heavy atom. The minimum Gasteiger partial charge on any atom is -0.406 e. The van der Waals surface area contributed by atoms with Crippen molar-refractivity contribution in [2.45, 2.75) is 56.8 Å². The first kappa shape index (κ1) is 18.0. The van der Waals surface area contributed by atoms with Gasteiger partial charge in [-0.3, -0.25) is 4.79 Å². The second kappa shape index (κ2) is 7.64. The molecule has 1 aliphatic heterocycles. The van der Waals surface area contributed by atoms with Gasteiger partial charge in [-0.15, -0.1) is 13.2 Å². The van der Waals surface area contributed by atoms with E-state index in [1.807, 2.05) is 0 Å². The molecule has 1 aliphatic carbocycles. The Balaban J connectivity index is 1.83. The highest BCUT2D eigenvalue weighted by Crippen LogP contribution is 2.32. The van der Waals surface area contributed by atoms with Crippen molar-refractivity contribution in [2.24, 2.45) is 0 Å². The van der Waals surface area contributed by atoms with Gasteiger partial charge >= 0.3 is 6.36 Å². The van der Waals surface area contributed by atoms with Gasteiger partial charge in [0.25, 0.3) is 5.91 Å². The molecule has 2 fully saturated rings. The maximum absolute atomic E-state index is 12.6.